The molecule has 0 aliphatic carbocycles. The van der Waals surface area contributed by atoms with Crippen molar-refractivity contribution in [1.29, 1.82) is 0 Å². The van der Waals surface area contributed by atoms with Crippen LogP contribution < -0.4 is 9.47 Å². The van der Waals surface area contributed by atoms with E-state index < -0.39 is 6.29 Å². The Bertz CT molecular complexity index is 385. The maximum atomic E-state index is 10.7. The van der Waals surface area contributed by atoms with Crippen LogP contribution in [0.1, 0.15) is 24.2 Å². The van der Waals surface area contributed by atoms with Crippen molar-refractivity contribution in [1.82, 2.24) is 0 Å². The van der Waals surface area contributed by atoms with Crippen LogP contribution in [0.15, 0.2) is 18.2 Å². The zero-order chi connectivity index (χ0) is 14.1. The van der Waals surface area contributed by atoms with Crippen LogP contribution in [0.4, 0.5) is 0 Å². The Morgan fingerprint density at radius 1 is 1.16 bits per heavy atom. The van der Waals surface area contributed by atoms with E-state index in [0.717, 1.165) is 6.29 Å². The maximum absolute atomic E-state index is 10.7. The van der Waals surface area contributed by atoms with Crippen LogP contribution in [0.2, 0.25) is 0 Å². The Morgan fingerprint density at radius 2 is 1.84 bits per heavy atom. The van der Waals surface area contributed by atoms with Gasteiger partial charge in [-0.1, -0.05) is 0 Å². The first-order valence-electron chi connectivity index (χ1n) is 6.24. The molecule has 1 aromatic carbocycles. The van der Waals surface area contributed by atoms with Gasteiger partial charge in [-0.3, -0.25) is 4.79 Å². The van der Waals surface area contributed by atoms with Crippen molar-refractivity contribution in [3.8, 4) is 11.5 Å². The first kappa shape index (κ1) is 15.5. The van der Waals surface area contributed by atoms with Crippen LogP contribution in [0, 0.1) is 0 Å². The number of ether oxygens (including phenoxy) is 4. The van der Waals surface area contributed by atoms with Gasteiger partial charge in [0.25, 0.3) is 0 Å². The SMILES string of the molecule is CCOC(COc1ccc(C=O)cc1OC)OCC. The van der Waals surface area contributed by atoms with Gasteiger partial charge in [0.2, 0.25) is 0 Å². The van der Waals surface area contributed by atoms with Gasteiger partial charge in [-0.05, 0) is 32.0 Å². The molecule has 0 bridgehead atoms. The number of aldehydes is 1. The van der Waals surface area contributed by atoms with Gasteiger partial charge in [0.1, 0.15) is 12.9 Å². The van der Waals surface area contributed by atoms with E-state index in [1.54, 1.807) is 18.2 Å². The summed E-state index contributed by atoms with van der Waals surface area (Å²) in [6, 6.07) is 4.98. The molecule has 1 aromatic rings. The fourth-order valence-corrected chi connectivity index (χ4v) is 1.55. The topological polar surface area (TPSA) is 54.0 Å². The lowest BCUT2D eigenvalue weighted by molar-refractivity contribution is -0.152. The molecule has 0 saturated heterocycles. The second-order valence-electron chi connectivity index (χ2n) is 3.68. The molecule has 1 rings (SSSR count). The van der Waals surface area contributed by atoms with E-state index >= 15 is 0 Å². The number of carbonyl (C=O) groups is 1. The Labute approximate surface area is 113 Å². The minimum absolute atomic E-state index is 0.262. The lowest BCUT2D eigenvalue weighted by Crippen LogP contribution is -2.25. The number of rotatable bonds is 9. The van der Waals surface area contributed by atoms with Crippen LogP contribution in [-0.2, 0) is 9.47 Å². The van der Waals surface area contributed by atoms with Gasteiger partial charge in [-0.25, -0.2) is 0 Å². The zero-order valence-corrected chi connectivity index (χ0v) is 11.5. The van der Waals surface area contributed by atoms with E-state index in [2.05, 4.69) is 0 Å². The highest BCUT2D eigenvalue weighted by molar-refractivity contribution is 5.76. The number of carbonyl (C=O) groups excluding carboxylic acids is 1. The average molecular weight is 268 g/mol. The highest BCUT2D eigenvalue weighted by Crippen LogP contribution is 2.27. The molecule has 5 nitrogen and oxygen atoms in total. The van der Waals surface area contributed by atoms with Crippen LogP contribution in [0.5, 0.6) is 11.5 Å². The summed E-state index contributed by atoms with van der Waals surface area (Å²) in [5, 5.41) is 0. The second-order valence-corrected chi connectivity index (χ2v) is 3.68. The van der Waals surface area contributed by atoms with E-state index in [-0.39, 0.29) is 6.61 Å². The Kier molecular flexibility index (Phi) is 6.92. The molecule has 0 spiro atoms. The third-order valence-electron chi connectivity index (χ3n) is 2.40. The van der Waals surface area contributed by atoms with E-state index in [1.165, 1.54) is 7.11 Å². The predicted octanol–water partition coefficient (Wildman–Crippen LogP) is 2.29. The van der Waals surface area contributed by atoms with Crippen molar-refractivity contribution in [3.05, 3.63) is 23.8 Å². The quantitative estimate of drug-likeness (QED) is 0.508. The minimum atomic E-state index is -0.412. The molecule has 0 amide bonds. The van der Waals surface area contributed by atoms with Crippen molar-refractivity contribution in [2.24, 2.45) is 0 Å². The van der Waals surface area contributed by atoms with Crippen LogP contribution in [-0.4, -0.2) is 39.5 Å². The van der Waals surface area contributed by atoms with Gasteiger partial charge in [0.05, 0.1) is 7.11 Å². The molecule has 106 valence electrons. The highest BCUT2D eigenvalue weighted by atomic mass is 16.7. The van der Waals surface area contributed by atoms with Crippen LogP contribution in [0.25, 0.3) is 0 Å². The van der Waals surface area contributed by atoms with Gasteiger partial charge in [0.15, 0.2) is 17.8 Å². The predicted molar refractivity (Wildman–Crippen MR) is 70.9 cm³/mol. The normalized spacial score (nSPS) is 10.5. The zero-order valence-electron chi connectivity index (χ0n) is 11.5. The van der Waals surface area contributed by atoms with Crippen molar-refractivity contribution < 1.29 is 23.7 Å². The third kappa shape index (κ3) is 4.89. The van der Waals surface area contributed by atoms with Gasteiger partial charge in [-0.15, -0.1) is 0 Å². The number of benzene rings is 1. The van der Waals surface area contributed by atoms with E-state index in [1.807, 2.05) is 13.8 Å². The van der Waals surface area contributed by atoms with Crippen LogP contribution >= 0.6 is 0 Å². The van der Waals surface area contributed by atoms with E-state index in [4.69, 9.17) is 18.9 Å². The molecule has 5 heteroatoms. The molecule has 0 unspecified atom stereocenters. The molecule has 0 radical (unpaired) electrons. The summed E-state index contributed by atoms with van der Waals surface area (Å²) in [5.74, 6) is 1.06. The van der Waals surface area contributed by atoms with Crippen molar-refractivity contribution in [2.45, 2.75) is 20.1 Å². The first-order chi connectivity index (χ1) is 9.24. The molecule has 0 aliphatic heterocycles. The smallest absolute Gasteiger partial charge is 0.191 e. The molecular formula is C14H20O5. The molecule has 0 aliphatic rings. The summed E-state index contributed by atoms with van der Waals surface area (Å²) >= 11 is 0. The van der Waals surface area contributed by atoms with Crippen molar-refractivity contribution >= 4 is 6.29 Å². The van der Waals surface area contributed by atoms with Crippen molar-refractivity contribution in [3.63, 3.8) is 0 Å². The summed E-state index contributed by atoms with van der Waals surface area (Å²) in [6.45, 7) is 5.15. The number of hydrogen-bond donors (Lipinski definition) is 0. The Hall–Kier alpha value is -1.59. The summed E-state index contributed by atoms with van der Waals surface area (Å²) < 4.78 is 21.5. The molecule has 19 heavy (non-hydrogen) atoms. The van der Waals surface area contributed by atoms with Gasteiger partial charge in [-0.2, -0.15) is 0 Å². The second kappa shape index (κ2) is 8.50. The average Bonchev–Trinajstić information content (AvgIpc) is 2.45. The van der Waals surface area contributed by atoms with Crippen molar-refractivity contribution in [2.75, 3.05) is 26.9 Å². The monoisotopic (exact) mass is 268 g/mol. The molecule has 0 heterocycles. The Morgan fingerprint density at radius 3 is 2.37 bits per heavy atom. The fourth-order valence-electron chi connectivity index (χ4n) is 1.55. The molecule has 0 atom stereocenters. The van der Waals surface area contributed by atoms with E-state index in [0.29, 0.717) is 30.3 Å². The first-order valence-corrected chi connectivity index (χ1v) is 6.24. The van der Waals surface area contributed by atoms with Gasteiger partial charge >= 0.3 is 0 Å². The van der Waals surface area contributed by atoms with Crippen LogP contribution in [0.3, 0.4) is 0 Å². The Balaban J connectivity index is 2.67. The lowest BCUT2D eigenvalue weighted by Gasteiger charge is -2.18. The fraction of sp³-hybridized carbons (Fsp3) is 0.500. The summed E-state index contributed by atoms with van der Waals surface area (Å²) in [6.07, 6.45) is 0.348. The molecule has 0 N–H and O–H groups in total. The molecule has 0 saturated carbocycles. The number of hydrogen-bond acceptors (Lipinski definition) is 5. The minimum Gasteiger partial charge on any atom is -0.493 e. The number of methoxy groups -OCH3 is 1. The molecule has 0 fully saturated rings. The standard InChI is InChI=1S/C14H20O5/c1-4-17-14(18-5-2)10-19-12-7-6-11(9-15)8-13(12)16-3/h6-9,14H,4-5,10H2,1-3H3. The summed E-state index contributed by atoms with van der Waals surface area (Å²) in [5.41, 5.74) is 0.537. The molecular weight excluding hydrogens is 248 g/mol. The summed E-state index contributed by atoms with van der Waals surface area (Å²) in [4.78, 5) is 10.7. The third-order valence-corrected chi connectivity index (χ3v) is 2.40. The van der Waals surface area contributed by atoms with Gasteiger partial charge in [0, 0.05) is 18.8 Å². The lowest BCUT2D eigenvalue weighted by atomic mass is 10.2. The highest BCUT2D eigenvalue weighted by Gasteiger charge is 2.11. The largest absolute Gasteiger partial charge is 0.493 e. The summed E-state index contributed by atoms with van der Waals surface area (Å²) in [7, 11) is 1.53. The van der Waals surface area contributed by atoms with E-state index in [9.17, 15) is 4.79 Å². The van der Waals surface area contributed by atoms with Gasteiger partial charge < -0.3 is 18.9 Å². The maximum Gasteiger partial charge on any atom is 0.191 e. The molecule has 0 aromatic heterocycles.